The predicted octanol–water partition coefficient (Wildman–Crippen LogP) is 2.32. The van der Waals surface area contributed by atoms with E-state index in [4.69, 9.17) is 0 Å². The summed E-state index contributed by atoms with van der Waals surface area (Å²) in [5.41, 5.74) is 0. The zero-order valence-corrected chi connectivity index (χ0v) is 16.9. The first-order valence-electron chi connectivity index (χ1n) is 8.86. The standard InChI is InChI=1S/C16H29N3O2S.HI/c20-22(21)9-8-14(12-22)11-18-16(19-15-6-7-15)17-10-13-4-2-1-3-5-13;/h13-15H,1-12H2,(H2,17,18,19);1H. The van der Waals surface area contributed by atoms with Crippen LogP contribution in [-0.2, 0) is 9.84 Å². The average molecular weight is 455 g/mol. The smallest absolute Gasteiger partial charge is 0.191 e. The predicted molar refractivity (Wildman–Crippen MR) is 105 cm³/mol. The molecule has 3 aliphatic rings. The van der Waals surface area contributed by atoms with Crippen LogP contribution in [-0.4, -0.2) is 45.0 Å². The van der Waals surface area contributed by atoms with Gasteiger partial charge in [-0.3, -0.25) is 4.99 Å². The van der Waals surface area contributed by atoms with Gasteiger partial charge >= 0.3 is 0 Å². The van der Waals surface area contributed by atoms with E-state index in [0.29, 0.717) is 24.1 Å². The Morgan fingerprint density at radius 1 is 1.00 bits per heavy atom. The molecule has 3 fully saturated rings. The van der Waals surface area contributed by atoms with Gasteiger partial charge in [0.05, 0.1) is 11.5 Å². The Hall–Kier alpha value is -0.0500. The number of nitrogens with zero attached hydrogens (tertiary/aromatic N) is 1. The first-order valence-corrected chi connectivity index (χ1v) is 10.7. The number of nitrogens with one attached hydrogen (secondary N) is 2. The van der Waals surface area contributed by atoms with E-state index in [-0.39, 0.29) is 29.9 Å². The average Bonchev–Trinajstić information content (AvgIpc) is 3.25. The van der Waals surface area contributed by atoms with Crippen LogP contribution in [0, 0.1) is 11.8 Å². The second kappa shape index (κ2) is 8.87. The van der Waals surface area contributed by atoms with Gasteiger partial charge < -0.3 is 10.6 Å². The molecule has 0 spiro atoms. The third kappa shape index (κ3) is 6.76. The summed E-state index contributed by atoms with van der Waals surface area (Å²) >= 11 is 0. The van der Waals surface area contributed by atoms with Gasteiger partial charge in [-0.15, -0.1) is 24.0 Å². The molecule has 2 saturated carbocycles. The molecule has 1 heterocycles. The SMILES string of the molecule is I.O=S1(=O)CCC(CN=C(NCC2CCCCC2)NC2CC2)C1. The van der Waals surface area contributed by atoms with Crippen LogP contribution in [0.2, 0.25) is 0 Å². The van der Waals surface area contributed by atoms with E-state index < -0.39 is 9.84 Å². The summed E-state index contributed by atoms with van der Waals surface area (Å²) in [5, 5.41) is 6.96. The van der Waals surface area contributed by atoms with Crippen molar-refractivity contribution in [1.29, 1.82) is 0 Å². The van der Waals surface area contributed by atoms with Gasteiger partial charge in [-0.25, -0.2) is 8.42 Å². The number of sulfone groups is 1. The zero-order valence-electron chi connectivity index (χ0n) is 13.8. The number of rotatable bonds is 5. The van der Waals surface area contributed by atoms with Crippen LogP contribution in [0.5, 0.6) is 0 Å². The van der Waals surface area contributed by atoms with Crippen molar-refractivity contribution in [3.63, 3.8) is 0 Å². The summed E-state index contributed by atoms with van der Waals surface area (Å²) in [6, 6.07) is 0.574. The maximum Gasteiger partial charge on any atom is 0.191 e. The second-order valence-electron chi connectivity index (χ2n) is 7.26. The quantitative estimate of drug-likeness (QED) is 0.379. The molecule has 7 heteroatoms. The molecule has 23 heavy (non-hydrogen) atoms. The summed E-state index contributed by atoms with van der Waals surface area (Å²) in [5.74, 6) is 2.53. The van der Waals surface area contributed by atoms with Crippen molar-refractivity contribution in [2.75, 3.05) is 24.6 Å². The molecular formula is C16H30IN3O2S. The Morgan fingerprint density at radius 2 is 1.74 bits per heavy atom. The molecule has 0 bridgehead atoms. The van der Waals surface area contributed by atoms with Crippen molar-refractivity contribution in [3.8, 4) is 0 Å². The summed E-state index contributed by atoms with van der Waals surface area (Å²) in [4.78, 5) is 4.67. The number of hydrogen-bond donors (Lipinski definition) is 2. The molecule has 0 amide bonds. The molecule has 1 aliphatic heterocycles. The molecule has 0 aromatic carbocycles. The highest BCUT2D eigenvalue weighted by Crippen LogP contribution is 2.23. The van der Waals surface area contributed by atoms with Gasteiger partial charge in [-0.1, -0.05) is 19.3 Å². The van der Waals surface area contributed by atoms with Crippen molar-refractivity contribution in [1.82, 2.24) is 10.6 Å². The van der Waals surface area contributed by atoms with Crippen LogP contribution in [0.3, 0.4) is 0 Å². The lowest BCUT2D eigenvalue weighted by molar-refractivity contribution is 0.355. The maximum atomic E-state index is 11.5. The van der Waals surface area contributed by atoms with E-state index in [1.165, 1.54) is 44.9 Å². The first-order chi connectivity index (χ1) is 10.6. The zero-order chi connectivity index (χ0) is 15.4. The molecule has 2 aliphatic carbocycles. The highest BCUT2D eigenvalue weighted by atomic mass is 127. The Morgan fingerprint density at radius 3 is 2.35 bits per heavy atom. The Kier molecular flexibility index (Phi) is 7.44. The monoisotopic (exact) mass is 455 g/mol. The molecule has 0 radical (unpaired) electrons. The molecule has 5 nitrogen and oxygen atoms in total. The fourth-order valence-electron chi connectivity index (χ4n) is 3.44. The van der Waals surface area contributed by atoms with Gasteiger partial charge in [-0.2, -0.15) is 0 Å². The minimum atomic E-state index is -2.79. The van der Waals surface area contributed by atoms with Gasteiger partial charge in [0.1, 0.15) is 0 Å². The van der Waals surface area contributed by atoms with Crippen molar-refractivity contribution in [3.05, 3.63) is 0 Å². The third-order valence-electron chi connectivity index (χ3n) is 5.04. The fraction of sp³-hybridized carbons (Fsp3) is 0.938. The van der Waals surface area contributed by atoms with Gasteiger partial charge in [0.25, 0.3) is 0 Å². The molecule has 1 saturated heterocycles. The van der Waals surface area contributed by atoms with Crippen LogP contribution in [0.25, 0.3) is 0 Å². The fourth-order valence-corrected chi connectivity index (χ4v) is 5.29. The van der Waals surface area contributed by atoms with Gasteiger partial charge in [-0.05, 0) is 43.9 Å². The van der Waals surface area contributed by atoms with Crippen LogP contribution >= 0.6 is 24.0 Å². The number of guanidine groups is 1. The minimum Gasteiger partial charge on any atom is -0.356 e. The van der Waals surface area contributed by atoms with Gasteiger partial charge in [0.2, 0.25) is 0 Å². The molecule has 1 atom stereocenters. The minimum absolute atomic E-state index is 0. The van der Waals surface area contributed by atoms with Gasteiger partial charge in [0.15, 0.2) is 15.8 Å². The normalized spacial score (nSPS) is 28.2. The third-order valence-corrected chi connectivity index (χ3v) is 6.87. The van der Waals surface area contributed by atoms with Crippen molar-refractivity contribution < 1.29 is 8.42 Å². The Bertz CT molecular complexity index is 499. The number of halogens is 1. The molecule has 1 unspecified atom stereocenters. The van der Waals surface area contributed by atoms with E-state index >= 15 is 0 Å². The number of hydrogen-bond acceptors (Lipinski definition) is 3. The molecule has 0 aromatic heterocycles. The van der Waals surface area contributed by atoms with Crippen LogP contribution in [0.15, 0.2) is 4.99 Å². The van der Waals surface area contributed by atoms with E-state index in [2.05, 4.69) is 15.6 Å². The maximum absolute atomic E-state index is 11.5. The Labute approximate surface area is 157 Å². The highest BCUT2D eigenvalue weighted by molar-refractivity contribution is 14.0. The Balaban J connectivity index is 0.00000192. The van der Waals surface area contributed by atoms with Crippen LogP contribution < -0.4 is 10.6 Å². The topological polar surface area (TPSA) is 70.6 Å². The lowest BCUT2D eigenvalue weighted by atomic mass is 9.89. The van der Waals surface area contributed by atoms with E-state index in [1.807, 2.05) is 0 Å². The summed E-state index contributed by atoms with van der Waals surface area (Å²) in [7, 11) is -2.79. The van der Waals surface area contributed by atoms with E-state index in [0.717, 1.165) is 24.8 Å². The van der Waals surface area contributed by atoms with Crippen molar-refractivity contribution in [2.24, 2.45) is 16.8 Å². The first kappa shape index (κ1) is 19.3. The summed E-state index contributed by atoms with van der Waals surface area (Å²) in [6.07, 6.45) is 9.96. The van der Waals surface area contributed by atoms with Crippen LogP contribution in [0.4, 0.5) is 0 Å². The van der Waals surface area contributed by atoms with Gasteiger partial charge in [0, 0.05) is 19.1 Å². The largest absolute Gasteiger partial charge is 0.356 e. The summed E-state index contributed by atoms with van der Waals surface area (Å²) < 4.78 is 23.1. The van der Waals surface area contributed by atoms with Crippen molar-refractivity contribution in [2.45, 2.75) is 57.4 Å². The molecule has 0 aromatic rings. The van der Waals surface area contributed by atoms with Crippen LogP contribution in [0.1, 0.15) is 51.4 Å². The second-order valence-corrected chi connectivity index (χ2v) is 9.49. The number of aliphatic imine (C=N–C) groups is 1. The molecular weight excluding hydrogens is 425 g/mol. The highest BCUT2D eigenvalue weighted by Gasteiger charge is 2.28. The lowest BCUT2D eigenvalue weighted by Gasteiger charge is -2.23. The van der Waals surface area contributed by atoms with E-state index in [1.54, 1.807) is 0 Å². The van der Waals surface area contributed by atoms with E-state index in [9.17, 15) is 8.42 Å². The molecule has 134 valence electrons. The molecule has 3 rings (SSSR count). The lowest BCUT2D eigenvalue weighted by Crippen LogP contribution is -2.41. The van der Waals surface area contributed by atoms with Crippen molar-refractivity contribution >= 4 is 39.8 Å². The summed E-state index contributed by atoms with van der Waals surface area (Å²) in [6.45, 7) is 1.63. The molecule has 2 N–H and O–H groups in total.